The first kappa shape index (κ1) is 19.1. The van der Waals surface area contributed by atoms with Crippen LogP contribution >= 0.6 is 0 Å². The molecule has 0 aliphatic carbocycles. The van der Waals surface area contributed by atoms with Crippen molar-refractivity contribution in [3.63, 3.8) is 0 Å². The third-order valence-electron chi connectivity index (χ3n) is 4.52. The van der Waals surface area contributed by atoms with Crippen molar-refractivity contribution in [3.05, 3.63) is 0 Å². The van der Waals surface area contributed by atoms with Crippen LogP contribution in [0.25, 0.3) is 0 Å². The number of nitrogens with zero attached hydrogens (tertiary/aromatic N) is 1. The Morgan fingerprint density at radius 2 is 1.95 bits per heavy atom. The highest BCUT2D eigenvalue weighted by Crippen LogP contribution is 2.39. The lowest BCUT2D eigenvalue weighted by atomic mass is 10.0. The van der Waals surface area contributed by atoms with Crippen LogP contribution < -0.4 is 0 Å². The molecular formula is C15H29NO5Si. The van der Waals surface area contributed by atoms with Gasteiger partial charge in [-0.05, 0) is 25.1 Å². The van der Waals surface area contributed by atoms with E-state index in [0.29, 0.717) is 0 Å². The van der Waals surface area contributed by atoms with E-state index in [4.69, 9.17) is 14.0 Å². The molecule has 1 aliphatic rings. The van der Waals surface area contributed by atoms with Crippen molar-refractivity contribution in [1.29, 1.82) is 0 Å². The fourth-order valence-corrected chi connectivity index (χ4v) is 3.60. The van der Waals surface area contributed by atoms with Gasteiger partial charge in [0.2, 0.25) is 0 Å². The Balaban J connectivity index is 3.01. The van der Waals surface area contributed by atoms with E-state index in [-0.39, 0.29) is 29.4 Å². The number of rotatable bonds is 5. The number of carbonyl (C=O) groups is 2. The summed E-state index contributed by atoms with van der Waals surface area (Å²) in [4.78, 5) is 28.0. The summed E-state index contributed by atoms with van der Waals surface area (Å²) in [6.07, 6.45) is -0.615. The SMILES string of the molecule is CC(=O)O[C@@H](C)[C@H](O[Si](C)(C)C(C)(C)C)[C@H]1CC(=O)ON1C. The predicted octanol–water partition coefficient (Wildman–Crippen LogP) is 2.49. The lowest BCUT2D eigenvalue weighted by molar-refractivity contribution is -0.178. The summed E-state index contributed by atoms with van der Waals surface area (Å²) in [5, 5.41) is 1.53. The molecule has 128 valence electrons. The van der Waals surface area contributed by atoms with E-state index in [0.717, 1.165) is 0 Å². The van der Waals surface area contributed by atoms with Crippen LogP contribution in [0.1, 0.15) is 41.0 Å². The van der Waals surface area contributed by atoms with Crippen LogP contribution in [0.5, 0.6) is 0 Å². The summed E-state index contributed by atoms with van der Waals surface area (Å²) in [7, 11) is -0.379. The average molecular weight is 331 g/mol. The molecule has 1 fully saturated rings. The third-order valence-corrected chi connectivity index (χ3v) is 8.99. The molecule has 0 aromatic heterocycles. The van der Waals surface area contributed by atoms with Crippen molar-refractivity contribution < 1.29 is 23.6 Å². The van der Waals surface area contributed by atoms with Crippen LogP contribution in [-0.2, 0) is 23.6 Å². The zero-order valence-electron chi connectivity index (χ0n) is 14.9. The molecule has 6 nitrogen and oxygen atoms in total. The van der Waals surface area contributed by atoms with Crippen LogP contribution in [0.2, 0.25) is 18.1 Å². The van der Waals surface area contributed by atoms with Gasteiger partial charge in [0.15, 0.2) is 8.32 Å². The Bertz CT molecular complexity index is 432. The fourth-order valence-electron chi connectivity index (χ4n) is 2.22. The lowest BCUT2D eigenvalue weighted by Crippen LogP contribution is -2.53. The van der Waals surface area contributed by atoms with Crippen LogP contribution in [0.15, 0.2) is 0 Å². The lowest BCUT2D eigenvalue weighted by Gasteiger charge is -2.42. The second kappa shape index (κ2) is 6.68. The Morgan fingerprint density at radius 3 is 2.32 bits per heavy atom. The summed E-state index contributed by atoms with van der Waals surface area (Å²) < 4.78 is 11.8. The summed E-state index contributed by atoms with van der Waals surface area (Å²) in [5.74, 6) is -0.643. The molecule has 0 aromatic rings. The zero-order chi connectivity index (χ0) is 17.3. The van der Waals surface area contributed by atoms with Gasteiger partial charge in [0.1, 0.15) is 12.2 Å². The first-order chi connectivity index (χ1) is 9.85. The number of carbonyl (C=O) groups excluding carboxylic acids is 2. The maximum absolute atomic E-state index is 11.6. The molecule has 1 saturated heterocycles. The molecular weight excluding hydrogens is 302 g/mol. The molecule has 0 N–H and O–H groups in total. The molecule has 0 bridgehead atoms. The minimum atomic E-state index is -2.09. The van der Waals surface area contributed by atoms with Crippen LogP contribution in [0, 0.1) is 0 Å². The minimum absolute atomic E-state index is 0.0171. The maximum atomic E-state index is 11.6. The summed E-state index contributed by atoms with van der Waals surface area (Å²) in [6.45, 7) is 13.9. The quantitative estimate of drug-likeness (QED) is 0.570. The highest BCUT2D eigenvalue weighted by atomic mass is 28.4. The van der Waals surface area contributed by atoms with Crippen molar-refractivity contribution in [2.24, 2.45) is 0 Å². The summed E-state index contributed by atoms with van der Waals surface area (Å²) in [5.41, 5.74) is 0. The van der Waals surface area contributed by atoms with Gasteiger partial charge in [0.25, 0.3) is 0 Å². The average Bonchev–Trinajstić information content (AvgIpc) is 2.62. The van der Waals surface area contributed by atoms with Crippen LogP contribution in [0.4, 0.5) is 0 Å². The van der Waals surface area contributed by atoms with E-state index in [1.807, 2.05) is 0 Å². The number of hydrogen-bond acceptors (Lipinski definition) is 6. The van der Waals surface area contributed by atoms with Gasteiger partial charge in [-0.3, -0.25) is 9.59 Å². The van der Waals surface area contributed by atoms with E-state index < -0.39 is 20.5 Å². The maximum Gasteiger partial charge on any atom is 0.326 e. The zero-order valence-corrected chi connectivity index (χ0v) is 15.9. The van der Waals surface area contributed by atoms with Gasteiger partial charge < -0.3 is 14.0 Å². The third kappa shape index (κ3) is 4.53. The molecule has 0 aromatic carbocycles. The number of hydroxylamine groups is 2. The highest BCUT2D eigenvalue weighted by molar-refractivity contribution is 6.74. The Hall–Kier alpha value is -0.923. The molecule has 0 unspecified atom stereocenters. The van der Waals surface area contributed by atoms with Gasteiger partial charge in [-0.15, -0.1) is 5.06 Å². The van der Waals surface area contributed by atoms with Gasteiger partial charge in [-0.25, -0.2) is 0 Å². The smallest absolute Gasteiger partial charge is 0.326 e. The fraction of sp³-hybridized carbons (Fsp3) is 0.867. The Morgan fingerprint density at radius 1 is 1.41 bits per heavy atom. The van der Waals surface area contributed by atoms with Gasteiger partial charge >= 0.3 is 11.9 Å². The summed E-state index contributed by atoms with van der Waals surface area (Å²) >= 11 is 0. The molecule has 0 amide bonds. The van der Waals surface area contributed by atoms with Crippen molar-refractivity contribution in [2.45, 2.75) is 77.4 Å². The molecule has 1 rings (SSSR count). The van der Waals surface area contributed by atoms with Gasteiger partial charge in [-0.2, -0.15) is 0 Å². The van der Waals surface area contributed by atoms with Gasteiger partial charge in [0.05, 0.1) is 12.5 Å². The second-order valence-corrected chi connectivity index (χ2v) is 12.2. The predicted molar refractivity (Wildman–Crippen MR) is 85.6 cm³/mol. The normalized spacial score (nSPS) is 23.1. The number of likely N-dealkylation sites (N-methyl/N-ethyl adjacent to an activating group) is 1. The molecule has 3 atom stereocenters. The molecule has 22 heavy (non-hydrogen) atoms. The Kier molecular flexibility index (Phi) is 5.81. The molecule has 7 heteroatoms. The van der Waals surface area contributed by atoms with Crippen LogP contribution in [0.3, 0.4) is 0 Å². The summed E-state index contributed by atoms with van der Waals surface area (Å²) in [6, 6.07) is -0.254. The van der Waals surface area contributed by atoms with Crippen molar-refractivity contribution >= 4 is 20.3 Å². The monoisotopic (exact) mass is 331 g/mol. The Labute approximate surface area is 134 Å². The van der Waals surface area contributed by atoms with Gasteiger partial charge in [-0.1, -0.05) is 20.8 Å². The van der Waals surface area contributed by atoms with Crippen LogP contribution in [-0.4, -0.2) is 50.6 Å². The number of esters is 1. The van der Waals surface area contributed by atoms with E-state index in [9.17, 15) is 9.59 Å². The minimum Gasteiger partial charge on any atom is -0.460 e. The van der Waals surface area contributed by atoms with Crippen molar-refractivity contribution in [1.82, 2.24) is 5.06 Å². The van der Waals surface area contributed by atoms with Crippen molar-refractivity contribution in [3.8, 4) is 0 Å². The number of hydrogen-bond donors (Lipinski definition) is 0. The number of ether oxygens (including phenoxy) is 1. The molecule has 1 aliphatic heterocycles. The van der Waals surface area contributed by atoms with E-state index >= 15 is 0 Å². The van der Waals surface area contributed by atoms with E-state index in [1.165, 1.54) is 12.0 Å². The molecule has 0 radical (unpaired) electrons. The molecule has 1 heterocycles. The first-order valence-corrected chi connectivity index (χ1v) is 10.5. The first-order valence-electron chi connectivity index (χ1n) is 7.64. The van der Waals surface area contributed by atoms with Crippen molar-refractivity contribution in [2.75, 3.05) is 7.05 Å². The topological polar surface area (TPSA) is 65.1 Å². The largest absolute Gasteiger partial charge is 0.460 e. The van der Waals surface area contributed by atoms with E-state index in [2.05, 4.69) is 33.9 Å². The second-order valence-electron chi connectivity index (χ2n) is 7.44. The van der Waals surface area contributed by atoms with Gasteiger partial charge in [0, 0.05) is 14.0 Å². The molecule has 0 saturated carbocycles. The van der Waals surface area contributed by atoms with E-state index in [1.54, 1.807) is 14.0 Å². The standard InChI is InChI=1S/C15H29NO5Si/c1-10(19-11(2)17)14(12-9-13(18)20-16(12)6)21-22(7,8)15(3,4)5/h10,12,14H,9H2,1-8H3/t10-,12+,14-/m0/s1. The molecule has 0 spiro atoms. The highest BCUT2D eigenvalue weighted by Gasteiger charge is 2.46.